The molecule has 1 aromatic carbocycles. The van der Waals surface area contributed by atoms with E-state index in [1.54, 1.807) is 6.92 Å². The van der Waals surface area contributed by atoms with Crippen molar-refractivity contribution in [3.05, 3.63) is 29.1 Å². The zero-order chi connectivity index (χ0) is 16.4. The highest BCUT2D eigenvalue weighted by Crippen LogP contribution is 2.26. The van der Waals surface area contributed by atoms with Crippen LogP contribution >= 0.6 is 0 Å². The van der Waals surface area contributed by atoms with Crippen LogP contribution < -0.4 is 11.1 Å². The molecule has 0 aromatic heterocycles. The minimum absolute atomic E-state index is 0.0915. The van der Waals surface area contributed by atoms with Gasteiger partial charge in [-0.2, -0.15) is 4.39 Å². The Kier molecular flexibility index (Phi) is 5.22. The number of phenolic OH excluding ortho intramolecular Hbond substituents is 1. The van der Waals surface area contributed by atoms with E-state index in [2.05, 4.69) is 5.32 Å². The summed E-state index contributed by atoms with van der Waals surface area (Å²) < 4.78 is 39.9. The minimum Gasteiger partial charge on any atom is -0.503 e. The molecule has 0 saturated heterocycles. The molecule has 4 N–H and O–H groups in total. The van der Waals surface area contributed by atoms with Gasteiger partial charge in [0, 0.05) is 12.1 Å². The van der Waals surface area contributed by atoms with Gasteiger partial charge in [-0.1, -0.05) is 13.8 Å². The number of hydrogen-bond donors (Lipinski definition) is 3. The fourth-order valence-electron chi connectivity index (χ4n) is 2.18. The molecule has 1 unspecified atom stereocenters. The first-order valence-corrected chi connectivity index (χ1v) is 6.50. The first-order chi connectivity index (χ1) is 9.61. The average Bonchev–Trinajstić information content (AvgIpc) is 2.39. The molecule has 1 atom stereocenters. The van der Waals surface area contributed by atoms with Crippen molar-refractivity contribution in [2.45, 2.75) is 32.7 Å². The van der Waals surface area contributed by atoms with Gasteiger partial charge in [0.25, 0.3) is 5.91 Å². The summed E-state index contributed by atoms with van der Waals surface area (Å²) >= 11 is 0. The molecule has 0 aliphatic rings. The van der Waals surface area contributed by atoms with Crippen LogP contribution in [0.2, 0.25) is 0 Å². The van der Waals surface area contributed by atoms with E-state index in [1.165, 1.54) is 0 Å². The highest BCUT2D eigenvalue weighted by atomic mass is 19.2. The third-order valence-corrected chi connectivity index (χ3v) is 3.10. The van der Waals surface area contributed by atoms with Crippen molar-refractivity contribution in [2.24, 2.45) is 11.7 Å². The number of carbonyl (C=O) groups excluding carboxylic acids is 1. The Morgan fingerprint density at radius 2 is 1.95 bits per heavy atom. The lowest BCUT2D eigenvalue weighted by atomic mass is 9.90. The standard InChI is InChI=1S/C14H19F3N2O2/c1-7(2)5-14(3,6-18)19-13(21)8-4-9(15)11(17)12(20)10(8)16/h4,7,20H,5-6,18H2,1-3H3,(H,19,21). The Hall–Kier alpha value is -1.76. The predicted molar refractivity (Wildman–Crippen MR) is 72.4 cm³/mol. The maximum atomic E-state index is 13.7. The van der Waals surface area contributed by atoms with Crippen LogP contribution in [0.4, 0.5) is 13.2 Å². The number of phenols is 1. The van der Waals surface area contributed by atoms with Gasteiger partial charge in [0.2, 0.25) is 5.82 Å². The molecule has 0 saturated carbocycles. The molecule has 4 nitrogen and oxygen atoms in total. The van der Waals surface area contributed by atoms with E-state index >= 15 is 0 Å². The summed E-state index contributed by atoms with van der Waals surface area (Å²) in [5, 5.41) is 11.6. The molecule has 0 aliphatic heterocycles. The molecule has 1 rings (SSSR count). The maximum absolute atomic E-state index is 13.7. The topological polar surface area (TPSA) is 75.3 Å². The summed E-state index contributed by atoms with van der Waals surface area (Å²) in [6.07, 6.45) is 0.520. The van der Waals surface area contributed by atoms with Gasteiger partial charge in [0.1, 0.15) is 0 Å². The normalized spacial score (nSPS) is 14.1. The van der Waals surface area contributed by atoms with Crippen LogP contribution in [0.25, 0.3) is 0 Å². The second kappa shape index (κ2) is 6.34. The van der Waals surface area contributed by atoms with Crippen LogP contribution in [0.3, 0.4) is 0 Å². The third kappa shape index (κ3) is 3.87. The molecule has 0 fully saturated rings. The zero-order valence-corrected chi connectivity index (χ0v) is 12.1. The number of nitrogens with two attached hydrogens (primary N) is 1. The summed E-state index contributed by atoms with van der Waals surface area (Å²) in [6.45, 7) is 5.60. The number of aromatic hydroxyl groups is 1. The average molecular weight is 304 g/mol. The SMILES string of the molecule is CC(C)CC(C)(CN)NC(=O)c1cc(F)c(F)c(O)c1F. The molecule has 0 bridgehead atoms. The van der Waals surface area contributed by atoms with Gasteiger partial charge in [0.15, 0.2) is 17.4 Å². The van der Waals surface area contributed by atoms with E-state index in [1.807, 2.05) is 13.8 Å². The zero-order valence-electron chi connectivity index (χ0n) is 12.1. The number of halogens is 3. The molecular formula is C14H19F3N2O2. The van der Waals surface area contributed by atoms with Gasteiger partial charge in [-0.05, 0) is 25.3 Å². The summed E-state index contributed by atoms with van der Waals surface area (Å²) in [5.41, 5.74) is 4.02. The van der Waals surface area contributed by atoms with Crippen molar-refractivity contribution >= 4 is 5.91 Å². The lowest BCUT2D eigenvalue weighted by molar-refractivity contribution is 0.0892. The van der Waals surface area contributed by atoms with Crippen molar-refractivity contribution in [1.82, 2.24) is 5.32 Å². The molecule has 1 aromatic rings. The first kappa shape index (κ1) is 17.3. The first-order valence-electron chi connectivity index (χ1n) is 6.50. The Labute approximate surface area is 121 Å². The van der Waals surface area contributed by atoms with Crippen LogP contribution in [0.15, 0.2) is 6.07 Å². The van der Waals surface area contributed by atoms with Crippen LogP contribution in [-0.4, -0.2) is 23.1 Å². The fraction of sp³-hybridized carbons (Fsp3) is 0.500. The van der Waals surface area contributed by atoms with E-state index < -0.39 is 40.2 Å². The Morgan fingerprint density at radius 1 is 1.38 bits per heavy atom. The monoisotopic (exact) mass is 304 g/mol. The molecular weight excluding hydrogens is 285 g/mol. The molecule has 1 amide bonds. The Balaban J connectivity index is 3.10. The summed E-state index contributed by atoms with van der Waals surface area (Å²) in [4.78, 5) is 12.0. The number of benzene rings is 1. The Morgan fingerprint density at radius 3 is 2.43 bits per heavy atom. The van der Waals surface area contributed by atoms with Crippen molar-refractivity contribution in [2.75, 3.05) is 6.54 Å². The van der Waals surface area contributed by atoms with Crippen molar-refractivity contribution in [1.29, 1.82) is 0 Å². The van der Waals surface area contributed by atoms with E-state index in [9.17, 15) is 18.0 Å². The highest BCUT2D eigenvalue weighted by molar-refractivity contribution is 5.95. The molecule has 21 heavy (non-hydrogen) atoms. The second-order valence-corrected chi connectivity index (χ2v) is 5.70. The summed E-state index contributed by atoms with van der Waals surface area (Å²) in [5.74, 6) is -7.00. The van der Waals surface area contributed by atoms with Gasteiger partial charge >= 0.3 is 0 Å². The molecule has 7 heteroatoms. The van der Waals surface area contributed by atoms with Gasteiger partial charge in [-0.25, -0.2) is 8.78 Å². The number of carbonyl (C=O) groups is 1. The maximum Gasteiger partial charge on any atom is 0.254 e. The fourth-order valence-corrected chi connectivity index (χ4v) is 2.18. The van der Waals surface area contributed by atoms with Crippen LogP contribution in [0.1, 0.15) is 37.6 Å². The van der Waals surface area contributed by atoms with E-state index in [0.717, 1.165) is 0 Å². The molecule has 0 aliphatic carbocycles. The van der Waals surface area contributed by atoms with E-state index in [4.69, 9.17) is 10.8 Å². The molecule has 0 spiro atoms. The molecule has 0 radical (unpaired) electrons. The molecule has 0 heterocycles. The third-order valence-electron chi connectivity index (χ3n) is 3.10. The Bertz CT molecular complexity index is 550. The van der Waals surface area contributed by atoms with Gasteiger partial charge in [0.05, 0.1) is 5.56 Å². The predicted octanol–water partition coefficient (Wildman–Crippen LogP) is 2.30. The smallest absolute Gasteiger partial charge is 0.254 e. The van der Waals surface area contributed by atoms with Crippen molar-refractivity contribution < 1.29 is 23.1 Å². The number of rotatable bonds is 5. The van der Waals surface area contributed by atoms with Gasteiger partial charge in [-0.3, -0.25) is 4.79 Å². The van der Waals surface area contributed by atoms with Crippen molar-refractivity contribution in [3.8, 4) is 5.75 Å². The largest absolute Gasteiger partial charge is 0.503 e. The van der Waals surface area contributed by atoms with E-state index in [-0.39, 0.29) is 12.5 Å². The minimum atomic E-state index is -1.73. The summed E-state index contributed by atoms with van der Waals surface area (Å²) in [7, 11) is 0. The van der Waals surface area contributed by atoms with Crippen LogP contribution in [-0.2, 0) is 0 Å². The van der Waals surface area contributed by atoms with Crippen LogP contribution in [0.5, 0.6) is 5.75 Å². The van der Waals surface area contributed by atoms with Gasteiger partial charge in [-0.15, -0.1) is 0 Å². The van der Waals surface area contributed by atoms with Gasteiger partial charge < -0.3 is 16.2 Å². The van der Waals surface area contributed by atoms with Crippen molar-refractivity contribution in [3.63, 3.8) is 0 Å². The lowest BCUT2D eigenvalue weighted by Crippen LogP contribution is -2.52. The quantitative estimate of drug-likeness (QED) is 0.731. The number of amides is 1. The second-order valence-electron chi connectivity index (χ2n) is 5.70. The number of hydrogen-bond acceptors (Lipinski definition) is 3. The van der Waals surface area contributed by atoms with E-state index in [0.29, 0.717) is 12.5 Å². The summed E-state index contributed by atoms with van der Waals surface area (Å²) in [6, 6.07) is 0.409. The molecule has 118 valence electrons. The van der Waals surface area contributed by atoms with Crippen LogP contribution in [0, 0.1) is 23.4 Å². The highest BCUT2D eigenvalue weighted by Gasteiger charge is 2.29. The lowest BCUT2D eigenvalue weighted by Gasteiger charge is -2.31. The number of nitrogens with one attached hydrogen (secondary N) is 1.